The Bertz CT molecular complexity index is 41.7. The Kier molecular flexibility index (Phi) is 5.86. The lowest BCUT2D eigenvalue weighted by atomic mass is 10.1. The van der Waals surface area contributed by atoms with Crippen LogP contribution in [-0.4, -0.2) is 6.16 Å². The molecular formula is C7H18P+. The maximum atomic E-state index is 2.29. The van der Waals surface area contributed by atoms with Crippen molar-refractivity contribution in [3.8, 4) is 0 Å². The van der Waals surface area contributed by atoms with Crippen molar-refractivity contribution in [3.63, 3.8) is 0 Å². The van der Waals surface area contributed by atoms with Gasteiger partial charge < -0.3 is 0 Å². The van der Waals surface area contributed by atoms with Gasteiger partial charge in [-0.05, 0) is 28.0 Å². The van der Waals surface area contributed by atoms with Crippen LogP contribution in [0.3, 0.4) is 0 Å². The third kappa shape index (κ3) is 6.43. The van der Waals surface area contributed by atoms with Crippen LogP contribution in [0.2, 0.25) is 0 Å². The number of unbranched alkanes of at least 4 members (excludes halogenated alkanes) is 1. The lowest BCUT2D eigenvalue weighted by Crippen LogP contribution is -1.86. The topological polar surface area (TPSA) is 0 Å². The van der Waals surface area contributed by atoms with Gasteiger partial charge >= 0.3 is 0 Å². The molecule has 0 saturated heterocycles. The van der Waals surface area contributed by atoms with Crippen molar-refractivity contribution in [2.45, 2.75) is 33.1 Å². The first-order chi connectivity index (χ1) is 3.77. The van der Waals surface area contributed by atoms with Crippen molar-refractivity contribution in [2.24, 2.45) is 5.92 Å². The largest absolute Gasteiger partial charge is 0.0628 e. The Balaban J connectivity index is 2.72. The van der Waals surface area contributed by atoms with Crippen LogP contribution >= 0.6 is 9.24 Å². The summed E-state index contributed by atoms with van der Waals surface area (Å²) < 4.78 is 0. The number of hydrogen-bond donors (Lipinski definition) is 0. The molecule has 1 heteroatoms. The predicted molar refractivity (Wildman–Crippen MR) is 44.7 cm³/mol. The lowest BCUT2D eigenvalue weighted by Gasteiger charge is -1.99. The zero-order valence-corrected chi connectivity index (χ0v) is 7.53. The molecule has 0 bridgehead atoms. The van der Waals surface area contributed by atoms with Crippen molar-refractivity contribution in [1.82, 2.24) is 0 Å². The van der Waals surface area contributed by atoms with Gasteiger partial charge in [0.1, 0.15) is 0 Å². The first-order valence-corrected chi connectivity index (χ1v) is 4.56. The summed E-state index contributed by atoms with van der Waals surface area (Å²) >= 11 is 0. The molecule has 0 aromatic heterocycles. The molecule has 0 aliphatic heterocycles. The van der Waals surface area contributed by atoms with E-state index >= 15 is 0 Å². The molecule has 8 heavy (non-hydrogen) atoms. The highest BCUT2D eigenvalue weighted by Crippen LogP contribution is 2.06. The molecule has 0 N–H and O–H groups in total. The van der Waals surface area contributed by atoms with Crippen molar-refractivity contribution in [2.75, 3.05) is 6.16 Å². The highest BCUT2D eigenvalue weighted by atomic mass is 31.0. The third-order valence-electron chi connectivity index (χ3n) is 1.28. The standard InChI is InChI=1S/C7H17P/c1-7(2)5-3-4-6-8/h7H,3-6,8H2,1-2H3/p+1. The highest BCUT2D eigenvalue weighted by Gasteiger charge is 1.91. The Hall–Kier alpha value is 0.430. The van der Waals surface area contributed by atoms with Crippen LogP contribution in [0.1, 0.15) is 33.1 Å². The van der Waals surface area contributed by atoms with Gasteiger partial charge in [0.2, 0.25) is 0 Å². The minimum Gasteiger partial charge on any atom is -0.0628 e. The van der Waals surface area contributed by atoms with Crippen molar-refractivity contribution < 1.29 is 0 Å². The summed E-state index contributed by atoms with van der Waals surface area (Å²) in [5.74, 6) is 0.907. The summed E-state index contributed by atoms with van der Waals surface area (Å²) in [7, 11) is 2.08. The summed E-state index contributed by atoms with van der Waals surface area (Å²) in [5, 5.41) is 0. The Morgan fingerprint density at radius 1 is 1.25 bits per heavy atom. The minimum absolute atomic E-state index is 0.907. The molecule has 0 rings (SSSR count). The average Bonchev–Trinajstić information content (AvgIpc) is 1.66. The fraction of sp³-hybridized carbons (Fsp3) is 1.00. The van der Waals surface area contributed by atoms with Crippen LogP contribution in [0.15, 0.2) is 0 Å². The second-order valence-corrected chi connectivity index (χ2v) is 3.45. The van der Waals surface area contributed by atoms with E-state index in [1.165, 1.54) is 25.4 Å². The first-order valence-electron chi connectivity index (χ1n) is 3.56. The van der Waals surface area contributed by atoms with Crippen molar-refractivity contribution in [1.29, 1.82) is 0 Å². The second-order valence-electron chi connectivity index (χ2n) is 2.74. The van der Waals surface area contributed by atoms with Gasteiger partial charge in [-0.25, -0.2) is 0 Å². The fourth-order valence-electron chi connectivity index (χ4n) is 0.729. The van der Waals surface area contributed by atoms with Crippen LogP contribution in [-0.2, 0) is 0 Å². The van der Waals surface area contributed by atoms with E-state index in [0.717, 1.165) is 5.92 Å². The summed E-state index contributed by atoms with van der Waals surface area (Å²) in [5.41, 5.74) is 0. The molecule has 1 unspecified atom stereocenters. The summed E-state index contributed by atoms with van der Waals surface area (Å²) in [4.78, 5) is 0. The molecule has 0 aromatic carbocycles. The van der Waals surface area contributed by atoms with E-state index < -0.39 is 0 Å². The normalized spacial score (nSPS) is 10.9. The smallest absolute Gasteiger partial charge is 0.0526 e. The lowest BCUT2D eigenvalue weighted by molar-refractivity contribution is 0.551. The maximum absolute atomic E-state index is 2.29. The summed E-state index contributed by atoms with van der Waals surface area (Å²) in [6.45, 7) is 4.58. The van der Waals surface area contributed by atoms with Gasteiger partial charge in [-0.15, -0.1) is 0 Å². The monoisotopic (exact) mass is 133 g/mol. The predicted octanol–water partition coefficient (Wildman–Crippen LogP) is 2.42. The molecule has 0 saturated carbocycles. The van der Waals surface area contributed by atoms with E-state index in [2.05, 4.69) is 23.1 Å². The van der Waals surface area contributed by atoms with Crippen LogP contribution in [0.5, 0.6) is 0 Å². The molecule has 0 fully saturated rings. The maximum Gasteiger partial charge on any atom is 0.0526 e. The quantitative estimate of drug-likeness (QED) is 0.408. The van der Waals surface area contributed by atoms with E-state index in [-0.39, 0.29) is 0 Å². The Morgan fingerprint density at radius 2 is 1.88 bits per heavy atom. The van der Waals surface area contributed by atoms with Crippen LogP contribution in [0.25, 0.3) is 0 Å². The molecule has 0 aliphatic rings. The van der Waals surface area contributed by atoms with Gasteiger partial charge in [-0.3, -0.25) is 0 Å². The minimum atomic E-state index is 0.907. The van der Waals surface area contributed by atoms with E-state index in [0.29, 0.717) is 0 Å². The highest BCUT2D eigenvalue weighted by molar-refractivity contribution is 7.16. The van der Waals surface area contributed by atoms with E-state index in [1.54, 1.807) is 0 Å². The van der Waals surface area contributed by atoms with Gasteiger partial charge in [-0.1, -0.05) is 20.3 Å². The molecule has 0 spiro atoms. The number of hydrogen-bond acceptors (Lipinski definition) is 0. The van der Waals surface area contributed by atoms with E-state index in [1.807, 2.05) is 0 Å². The molecule has 0 nitrogen and oxygen atoms in total. The van der Waals surface area contributed by atoms with Crippen molar-refractivity contribution >= 4 is 9.24 Å². The number of rotatable bonds is 4. The summed E-state index contributed by atoms with van der Waals surface area (Å²) in [6.07, 6.45) is 5.66. The molecule has 0 heterocycles. The van der Waals surface area contributed by atoms with E-state index in [9.17, 15) is 0 Å². The first kappa shape index (κ1) is 8.43. The van der Waals surface area contributed by atoms with Gasteiger partial charge in [0.15, 0.2) is 0 Å². The zero-order chi connectivity index (χ0) is 6.41. The molecular weight excluding hydrogens is 115 g/mol. The van der Waals surface area contributed by atoms with Crippen LogP contribution < -0.4 is 0 Å². The fourth-order valence-corrected chi connectivity index (χ4v) is 1.08. The van der Waals surface area contributed by atoms with Crippen molar-refractivity contribution in [3.05, 3.63) is 0 Å². The molecule has 0 aromatic rings. The summed E-state index contributed by atoms with van der Waals surface area (Å²) in [6, 6.07) is 0. The van der Waals surface area contributed by atoms with Crippen LogP contribution in [0.4, 0.5) is 0 Å². The van der Waals surface area contributed by atoms with E-state index in [4.69, 9.17) is 0 Å². The molecule has 0 aliphatic carbocycles. The zero-order valence-electron chi connectivity index (χ0n) is 6.11. The Morgan fingerprint density at radius 3 is 2.25 bits per heavy atom. The van der Waals surface area contributed by atoms with Gasteiger partial charge in [0, 0.05) is 0 Å². The average molecular weight is 133 g/mol. The third-order valence-corrected chi connectivity index (χ3v) is 1.78. The Labute approximate surface area is 55.3 Å². The SMILES string of the molecule is CC(C)CCCC[PH3+]. The van der Waals surface area contributed by atoms with Gasteiger partial charge in [0.25, 0.3) is 0 Å². The molecule has 1 atom stereocenters. The molecule has 0 radical (unpaired) electrons. The van der Waals surface area contributed by atoms with Gasteiger partial charge in [-0.2, -0.15) is 0 Å². The molecule has 0 amide bonds. The van der Waals surface area contributed by atoms with Crippen LogP contribution in [0, 0.1) is 5.92 Å². The molecule has 50 valence electrons. The second kappa shape index (κ2) is 5.56. The van der Waals surface area contributed by atoms with Gasteiger partial charge in [0.05, 0.1) is 6.16 Å².